The van der Waals surface area contributed by atoms with Gasteiger partial charge >= 0.3 is 11.9 Å². The molecule has 120 valence electrons. The van der Waals surface area contributed by atoms with Crippen LogP contribution >= 0.6 is 0 Å². The predicted octanol–water partition coefficient (Wildman–Crippen LogP) is 2.90. The van der Waals surface area contributed by atoms with Crippen LogP contribution in [-0.2, 0) is 19.1 Å². The number of esters is 2. The number of anilines is 1. The van der Waals surface area contributed by atoms with E-state index in [1.54, 1.807) is 12.1 Å². The SMILES string of the molecule is COC(=O)/C=C(/Nc1ccc(-c2ccc(C)o2)cc1)C(=O)OC. The molecular formula is C17H17NO5. The van der Waals surface area contributed by atoms with E-state index in [0.29, 0.717) is 5.69 Å². The van der Waals surface area contributed by atoms with Crippen LogP contribution < -0.4 is 5.32 Å². The van der Waals surface area contributed by atoms with E-state index in [-0.39, 0.29) is 5.70 Å². The third-order valence-electron chi connectivity index (χ3n) is 3.06. The molecule has 0 spiro atoms. The molecule has 2 aromatic rings. The number of aryl methyl sites for hydroxylation is 1. The lowest BCUT2D eigenvalue weighted by Crippen LogP contribution is -2.15. The Morgan fingerprint density at radius 3 is 2.26 bits per heavy atom. The summed E-state index contributed by atoms with van der Waals surface area (Å²) >= 11 is 0. The van der Waals surface area contributed by atoms with Crippen molar-refractivity contribution in [3.05, 3.63) is 53.9 Å². The van der Waals surface area contributed by atoms with Crippen molar-refractivity contribution in [2.24, 2.45) is 0 Å². The van der Waals surface area contributed by atoms with E-state index in [9.17, 15) is 9.59 Å². The maximum absolute atomic E-state index is 11.7. The molecule has 0 saturated carbocycles. The molecule has 0 atom stereocenters. The molecule has 0 bridgehead atoms. The van der Waals surface area contributed by atoms with Gasteiger partial charge in [-0.3, -0.25) is 0 Å². The Kier molecular flexibility index (Phi) is 5.19. The molecule has 1 heterocycles. The first-order valence-electron chi connectivity index (χ1n) is 6.85. The van der Waals surface area contributed by atoms with Crippen LogP contribution in [0.25, 0.3) is 11.3 Å². The maximum atomic E-state index is 11.7. The molecule has 0 unspecified atom stereocenters. The highest BCUT2D eigenvalue weighted by Crippen LogP contribution is 2.24. The standard InChI is InChI=1S/C17H17NO5/c1-11-4-9-15(23-11)12-5-7-13(8-6-12)18-14(17(20)22-3)10-16(19)21-2/h4-10,18H,1-3H3/b14-10+. The summed E-state index contributed by atoms with van der Waals surface area (Å²) < 4.78 is 14.7. The molecule has 0 aliphatic heterocycles. The van der Waals surface area contributed by atoms with Crippen molar-refractivity contribution in [1.29, 1.82) is 0 Å². The average molecular weight is 315 g/mol. The number of carbonyl (C=O) groups excluding carboxylic acids is 2. The van der Waals surface area contributed by atoms with E-state index >= 15 is 0 Å². The normalized spacial score (nSPS) is 11.0. The summed E-state index contributed by atoms with van der Waals surface area (Å²) in [6, 6.07) is 11.0. The topological polar surface area (TPSA) is 77.8 Å². The summed E-state index contributed by atoms with van der Waals surface area (Å²) in [7, 11) is 2.46. The quantitative estimate of drug-likeness (QED) is 0.675. The van der Waals surface area contributed by atoms with Crippen molar-refractivity contribution in [2.45, 2.75) is 6.92 Å². The number of rotatable bonds is 5. The van der Waals surface area contributed by atoms with Crippen LogP contribution in [0.1, 0.15) is 5.76 Å². The van der Waals surface area contributed by atoms with Crippen molar-refractivity contribution in [3.63, 3.8) is 0 Å². The van der Waals surface area contributed by atoms with Gasteiger partial charge in [-0.25, -0.2) is 9.59 Å². The number of hydrogen-bond donors (Lipinski definition) is 1. The van der Waals surface area contributed by atoms with Crippen LogP contribution in [0, 0.1) is 6.92 Å². The monoisotopic (exact) mass is 315 g/mol. The molecule has 1 aromatic heterocycles. The number of hydrogen-bond acceptors (Lipinski definition) is 6. The van der Waals surface area contributed by atoms with Gasteiger partial charge in [0.2, 0.25) is 0 Å². The lowest BCUT2D eigenvalue weighted by Gasteiger charge is -2.09. The number of methoxy groups -OCH3 is 2. The largest absolute Gasteiger partial charge is 0.466 e. The Hall–Kier alpha value is -3.02. The van der Waals surface area contributed by atoms with Gasteiger partial charge in [0.15, 0.2) is 0 Å². The highest BCUT2D eigenvalue weighted by Gasteiger charge is 2.13. The minimum atomic E-state index is -0.666. The van der Waals surface area contributed by atoms with Crippen LogP contribution in [-0.4, -0.2) is 26.2 Å². The predicted molar refractivity (Wildman–Crippen MR) is 84.6 cm³/mol. The van der Waals surface area contributed by atoms with Gasteiger partial charge in [0.05, 0.1) is 20.3 Å². The average Bonchev–Trinajstić information content (AvgIpc) is 3.00. The highest BCUT2D eigenvalue weighted by atomic mass is 16.5. The second kappa shape index (κ2) is 7.31. The minimum absolute atomic E-state index is 0.0130. The Labute approximate surface area is 133 Å². The van der Waals surface area contributed by atoms with E-state index < -0.39 is 11.9 Å². The summed E-state index contributed by atoms with van der Waals surface area (Å²) in [5, 5.41) is 2.83. The van der Waals surface area contributed by atoms with Gasteiger partial charge in [-0.15, -0.1) is 0 Å². The molecule has 6 heteroatoms. The fraction of sp³-hybridized carbons (Fsp3) is 0.176. The zero-order chi connectivity index (χ0) is 16.8. The van der Waals surface area contributed by atoms with Crippen molar-refractivity contribution in [2.75, 3.05) is 19.5 Å². The van der Waals surface area contributed by atoms with Crippen LogP contribution in [0.3, 0.4) is 0 Å². The molecule has 0 aliphatic rings. The molecule has 1 N–H and O–H groups in total. The Bertz CT molecular complexity index is 728. The third kappa shape index (κ3) is 4.23. The Morgan fingerprint density at radius 1 is 1.04 bits per heavy atom. The van der Waals surface area contributed by atoms with Gasteiger partial charge in [0.25, 0.3) is 0 Å². The summed E-state index contributed by atoms with van der Waals surface area (Å²) in [5.41, 5.74) is 1.51. The first kappa shape index (κ1) is 16.4. The second-order valence-corrected chi connectivity index (χ2v) is 4.69. The van der Waals surface area contributed by atoms with Gasteiger partial charge in [-0.2, -0.15) is 0 Å². The van der Waals surface area contributed by atoms with Crippen molar-refractivity contribution < 1.29 is 23.5 Å². The molecule has 0 fully saturated rings. The second-order valence-electron chi connectivity index (χ2n) is 4.69. The van der Waals surface area contributed by atoms with Gasteiger partial charge in [-0.1, -0.05) is 0 Å². The fourth-order valence-corrected chi connectivity index (χ4v) is 1.90. The Balaban J connectivity index is 2.19. The van der Waals surface area contributed by atoms with Crippen LogP contribution in [0.2, 0.25) is 0 Å². The lowest BCUT2D eigenvalue weighted by molar-refractivity contribution is -0.138. The summed E-state index contributed by atoms with van der Waals surface area (Å²) in [6.07, 6.45) is 1.04. The highest BCUT2D eigenvalue weighted by molar-refractivity contribution is 5.98. The van der Waals surface area contributed by atoms with Crippen LogP contribution in [0.5, 0.6) is 0 Å². The first-order valence-corrected chi connectivity index (χ1v) is 6.85. The van der Waals surface area contributed by atoms with Gasteiger partial charge in [0, 0.05) is 11.3 Å². The van der Waals surface area contributed by atoms with Crippen molar-refractivity contribution in [1.82, 2.24) is 0 Å². The number of benzene rings is 1. The maximum Gasteiger partial charge on any atom is 0.354 e. The molecule has 0 aliphatic carbocycles. The number of nitrogens with one attached hydrogen (secondary N) is 1. The molecule has 2 rings (SSSR count). The summed E-state index contributed by atoms with van der Waals surface area (Å²) in [6.45, 7) is 1.87. The van der Waals surface area contributed by atoms with E-state index in [4.69, 9.17) is 4.42 Å². The van der Waals surface area contributed by atoms with Crippen molar-refractivity contribution >= 4 is 17.6 Å². The fourth-order valence-electron chi connectivity index (χ4n) is 1.90. The van der Waals surface area contributed by atoms with Gasteiger partial charge in [0.1, 0.15) is 17.2 Å². The van der Waals surface area contributed by atoms with E-state index in [1.807, 2.05) is 31.2 Å². The molecule has 1 aromatic carbocycles. The third-order valence-corrected chi connectivity index (χ3v) is 3.06. The first-order chi connectivity index (χ1) is 11.0. The summed E-state index contributed by atoms with van der Waals surface area (Å²) in [5.74, 6) is 0.269. The van der Waals surface area contributed by atoms with E-state index in [2.05, 4.69) is 14.8 Å². The lowest BCUT2D eigenvalue weighted by atomic mass is 10.1. The van der Waals surface area contributed by atoms with E-state index in [0.717, 1.165) is 23.2 Å². The molecule has 0 saturated heterocycles. The summed E-state index contributed by atoms with van der Waals surface area (Å²) in [4.78, 5) is 23.0. The smallest absolute Gasteiger partial charge is 0.354 e. The number of carbonyl (C=O) groups is 2. The zero-order valence-electron chi connectivity index (χ0n) is 13.1. The van der Waals surface area contributed by atoms with Gasteiger partial charge in [-0.05, 0) is 43.3 Å². The molecular weight excluding hydrogens is 298 g/mol. The minimum Gasteiger partial charge on any atom is -0.466 e. The number of furan rings is 1. The molecule has 6 nitrogen and oxygen atoms in total. The van der Waals surface area contributed by atoms with E-state index in [1.165, 1.54) is 14.2 Å². The van der Waals surface area contributed by atoms with Crippen LogP contribution in [0.4, 0.5) is 5.69 Å². The van der Waals surface area contributed by atoms with Gasteiger partial charge < -0.3 is 19.2 Å². The van der Waals surface area contributed by atoms with Crippen molar-refractivity contribution in [3.8, 4) is 11.3 Å². The Morgan fingerprint density at radius 2 is 1.74 bits per heavy atom. The number of ether oxygens (including phenoxy) is 2. The zero-order valence-corrected chi connectivity index (χ0v) is 13.1. The molecule has 0 amide bonds. The van der Waals surface area contributed by atoms with Crippen LogP contribution in [0.15, 0.2) is 52.6 Å². The molecule has 23 heavy (non-hydrogen) atoms. The molecule has 0 radical (unpaired) electrons.